The van der Waals surface area contributed by atoms with Gasteiger partial charge in [-0.15, -0.1) is 0 Å². The van der Waals surface area contributed by atoms with Gasteiger partial charge in [-0.1, -0.05) is 12.1 Å². The van der Waals surface area contributed by atoms with Crippen LogP contribution in [-0.4, -0.2) is 41.8 Å². The lowest BCUT2D eigenvalue weighted by Crippen LogP contribution is -2.39. The number of hydrogen-bond donors (Lipinski definition) is 1. The van der Waals surface area contributed by atoms with Crippen LogP contribution in [-0.2, 0) is 20.7 Å². The van der Waals surface area contributed by atoms with E-state index < -0.39 is 16.6 Å². The second-order valence-corrected chi connectivity index (χ2v) is 9.99. The summed E-state index contributed by atoms with van der Waals surface area (Å²) in [5.41, 5.74) is 5.72. The van der Waals surface area contributed by atoms with Crippen LogP contribution in [0.2, 0.25) is 0 Å². The van der Waals surface area contributed by atoms with Gasteiger partial charge >= 0.3 is 12.1 Å². The van der Waals surface area contributed by atoms with Crippen LogP contribution in [0.4, 0.5) is 10.5 Å². The van der Waals surface area contributed by atoms with Crippen LogP contribution in [0.3, 0.4) is 0 Å². The molecule has 0 bridgehead atoms. The molecular weight excluding hydrogens is 368 g/mol. The minimum Gasteiger partial charge on any atom is -0.460 e. The lowest BCUT2D eigenvalue weighted by atomic mass is 9.79. The number of amides is 1. The quantitative estimate of drug-likeness (QED) is 0.519. The Hall–Kier alpha value is -2.24. The molecule has 0 aliphatic carbocycles. The average molecular weight is 407 g/mol. The third-order valence-electron chi connectivity index (χ3n) is 4.36. The number of benzene rings is 1. The van der Waals surface area contributed by atoms with Crippen LogP contribution in [0.1, 0.15) is 66.9 Å². The molecule has 1 unspecified atom stereocenters. The van der Waals surface area contributed by atoms with E-state index in [1.807, 2.05) is 72.7 Å². The zero-order chi connectivity index (χ0) is 22.5. The predicted octanol–water partition coefficient (Wildman–Crippen LogP) is 4.81. The molecule has 1 amide bonds. The first-order chi connectivity index (χ1) is 13.1. The summed E-state index contributed by atoms with van der Waals surface area (Å²) in [6, 6.07) is 7.56. The molecule has 6 nitrogen and oxygen atoms in total. The maximum atomic E-state index is 13.0. The first-order valence-electron chi connectivity index (χ1n) is 10.1. The van der Waals surface area contributed by atoms with Gasteiger partial charge < -0.3 is 20.1 Å². The van der Waals surface area contributed by atoms with Crippen molar-refractivity contribution in [3.8, 4) is 0 Å². The van der Waals surface area contributed by atoms with Crippen LogP contribution < -0.4 is 5.73 Å². The van der Waals surface area contributed by atoms with Gasteiger partial charge in [-0.3, -0.25) is 4.79 Å². The molecule has 6 heteroatoms. The highest BCUT2D eigenvalue weighted by molar-refractivity contribution is 5.77. The third-order valence-corrected chi connectivity index (χ3v) is 4.36. The maximum Gasteiger partial charge on any atom is 0.410 e. The van der Waals surface area contributed by atoms with Crippen molar-refractivity contribution in [2.75, 3.05) is 19.3 Å². The normalized spacial score (nSPS) is 14.1. The highest BCUT2D eigenvalue weighted by atomic mass is 16.6. The molecule has 164 valence electrons. The van der Waals surface area contributed by atoms with Gasteiger partial charge in [0, 0.05) is 19.3 Å². The number of ether oxygens (including phenoxy) is 2. The van der Waals surface area contributed by atoms with Crippen molar-refractivity contribution >= 4 is 17.7 Å². The number of nitrogens with zero attached hydrogens (tertiary/aromatic N) is 1. The molecule has 0 fully saturated rings. The molecule has 0 spiro atoms. The second kappa shape index (κ2) is 9.51. The van der Waals surface area contributed by atoms with Gasteiger partial charge in [-0.05, 0) is 85.4 Å². The van der Waals surface area contributed by atoms with E-state index in [1.165, 1.54) is 0 Å². The first kappa shape index (κ1) is 24.8. The van der Waals surface area contributed by atoms with E-state index in [2.05, 4.69) is 0 Å². The summed E-state index contributed by atoms with van der Waals surface area (Å²) in [6.45, 7) is 13.5. The second-order valence-electron chi connectivity index (χ2n) is 9.99. The Morgan fingerprint density at radius 1 is 1.00 bits per heavy atom. The summed E-state index contributed by atoms with van der Waals surface area (Å²) in [5.74, 6) is -0.243. The summed E-state index contributed by atoms with van der Waals surface area (Å²) in [7, 11) is 1.71. The zero-order valence-corrected chi connectivity index (χ0v) is 19.3. The van der Waals surface area contributed by atoms with Crippen LogP contribution in [0.25, 0.3) is 0 Å². The molecule has 1 rings (SSSR count). The summed E-state index contributed by atoms with van der Waals surface area (Å²) in [6.07, 6.45) is 1.37. The van der Waals surface area contributed by atoms with Crippen molar-refractivity contribution in [1.82, 2.24) is 4.90 Å². The largest absolute Gasteiger partial charge is 0.460 e. The Bertz CT molecular complexity index is 704. The SMILES string of the molecule is CN(CCCC(C)(Cc1cccc(N)c1)C(=O)OC(C)(C)C)C(=O)OC(C)(C)C. The molecular formula is C23H38N2O4. The van der Waals surface area contributed by atoms with Crippen LogP contribution >= 0.6 is 0 Å². The number of hydrogen-bond acceptors (Lipinski definition) is 5. The number of nitrogen functional groups attached to an aromatic ring is 1. The summed E-state index contributed by atoms with van der Waals surface area (Å²) in [4.78, 5) is 26.7. The lowest BCUT2D eigenvalue weighted by Gasteiger charge is -2.32. The zero-order valence-electron chi connectivity index (χ0n) is 19.3. The molecule has 0 saturated carbocycles. The van der Waals surface area contributed by atoms with Crippen molar-refractivity contribution < 1.29 is 19.1 Å². The predicted molar refractivity (Wildman–Crippen MR) is 117 cm³/mol. The smallest absolute Gasteiger partial charge is 0.410 e. The third kappa shape index (κ3) is 9.20. The number of anilines is 1. The van der Waals surface area contributed by atoms with Crippen LogP contribution in [0.5, 0.6) is 0 Å². The summed E-state index contributed by atoms with van der Waals surface area (Å²) < 4.78 is 11.1. The number of rotatable bonds is 7. The van der Waals surface area contributed by atoms with Crippen molar-refractivity contribution in [2.45, 2.75) is 78.9 Å². The fourth-order valence-electron chi connectivity index (χ4n) is 2.96. The van der Waals surface area contributed by atoms with E-state index in [0.717, 1.165) is 5.56 Å². The Balaban J connectivity index is 2.86. The molecule has 0 aliphatic rings. The summed E-state index contributed by atoms with van der Waals surface area (Å²) in [5, 5.41) is 0. The highest BCUT2D eigenvalue weighted by Gasteiger charge is 2.37. The van der Waals surface area contributed by atoms with Crippen molar-refractivity contribution in [3.05, 3.63) is 29.8 Å². The van der Waals surface area contributed by atoms with Gasteiger partial charge in [0.1, 0.15) is 11.2 Å². The Labute approximate surface area is 175 Å². The Morgan fingerprint density at radius 3 is 2.10 bits per heavy atom. The molecule has 1 aromatic rings. The first-order valence-corrected chi connectivity index (χ1v) is 10.1. The molecule has 0 heterocycles. The molecule has 1 atom stereocenters. The topological polar surface area (TPSA) is 81.9 Å². The highest BCUT2D eigenvalue weighted by Crippen LogP contribution is 2.32. The molecule has 0 saturated heterocycles. The van der Waals surface area contributed by atoms with Gasteiger partial charge in [-0.25, -0.2) is 4.79 Å². The maximum absolute atomic E-state index is 13.0. The number of carbonyl (C=O) groups excluding carboxylic acids is 2. The lowest BCUT2D eigenvalue weighted by molar-refractivity contribution is -0.167. The van der Waals surface area contributed by atoms with Gasteiger partial charge in [-0.2, -0.15) is 0 Å². The van der Waals surface area contributed by atoms with E-state index in [0.29, 0.717) is 31.5 Å². The standard InChI is InChI=1S/C23H38N2O4/c1-21(2,3)28-19(26)23(7,16-17-11-9-12-18(24)15-17)13-10-14-25(8)20(27)29-22(4,5)6/h9,11-12,15H,10,13-14,16,24H2,1-8H3. The van der Waals surface area contributed by atoms with Gasteiger partial charge in [0.2, 0.25) is 0 Å². The monoisotopic (exact) mass is 406 g/mol. The van der Waals surface area contributed by atoms with Gasteiger partial charge in [0.15, 0.2) is 0 Å². The van der Waals surface area contributed by atoms with Crippen molar-refractivity contribution in [1.29, 1.82) is 0 Å². The van der Waals surface area contributed by atoms with Gasteiger partial charge in [0.25, 0.3) is 0 Å². The van der Waals surface area contributed by atoms with Crippen LogP contribution in [0.15, 0.2) is 24.3 Å². The van der Waals surface area contributed by atoms with E-state index in [4.69, 9.17) is 15.2 Å². The minimum absolute atomic E-state index is 0.243. The molecule has 1 aromatic carbocycles. The number of carbonyl (C=O) groups is 2. The van der Waals surface area contributed by atoms with Gasteiger partial charge in [0.05, 0.1) is 5.41 Å². The Kier molecular flexibility index (Phi) is 8.13. The fraction of sp³-hybridized carbons (Fsp3) is 0.652. The average Bonchev–Trinajstić information content (AvgIpc) is 2.51. The molecule has 29 heavy (non-hydrogen) atoms. The minimum atomic E-state index is -0.726. The van der Waals surface area contributed by atoms with Crippen LogP contribution in [0, 0.1) is 5.41 Å². The van der Waals surface area contributed by atoms with E-state index in [1.54, 1.807) is 11.9 Å². The molecule has 0 radical (unpaired) electrons. The number of esters is 1. The number of nitrogens with two attached hydrogens (primary N) is 1. The van der Waals surface area contributed by atoms with Crippen molar-refractivity contribution in [3.63, 3.8) is 0 Å². The fourth-order valence-corrected chi connectivity index (χ4v) is 2.96. The van der Waals surface area contributed by atoms with E-state index >= 15 is 0 Å². The molecule has 0 aliphatic heterocycles. The van der Waals surface area contributed by atoms with E-state index in [-0.39, 0.29) is 12.1 Å². The molecule has 0 aromatic heterocycles. The van der Waals surface area contributed by atoms with Crippen molar-refractivity contribution in [2.24, 2.45) is 5.41 Å². The summed E-state index contributed by atoms with van der Waals surface area (Å²) >= 11 is 0. The van der Waals surface area contributed by atoms with E-state index in [9.17, 15) is 9.59 Å². The molecule has 2 N–H and O–H groups in total. The Morgan fingerprint density at radius 2 is 1.59 bits per heavy atom.